The van der Waals surface area contributed by atoms with E-state index < -0.39 is 29.9 Å². The van der Waals surface area contributed by atoms with Gasteiger partial charge in [-0.2, -0.15) is 0 Å². The van der Waals surface area contributed by atoms with Crippen LogP contribution in [0.2, 0.25) is 0 Å². The Hall–Kier alpha value is -4.33. The van der Waals surface area contributed by atoms with E-state index in [0.717, 1.165) is 27.8 Å². The van der Waals surface area contributed by atoms with Gasteiger partial charge in [-0.25, -0.2) is 9.59 Å². The Labute approximate surface area is 241 Å². The Bertz CT molecular complexity index is 1360. The summed E-state index contributed by atoms with van der Waals surface area (Å²) < 4.78 is 11.3. The van der Waals surface area contributed by atoms with Gasteiger partial charge in [0.05, 0.1) is 6.04 Å². The van der Waals surface area contributed by atoms with Crippen LogP contribution in [-0.4, -0.2) is 60.4 Å². The minimum Gasteiger partial charge on any atom is -0.449 e. The van der Waals surface area contributed by atoms with Gasteiger partial charge in [0, 0.05) is 19.0 Å². The molecule has 3 amide bonds. The number of hydrogen-bond acceptors (Lipinski definition) is 5. The van der Waals surface area contributed by atoms with Gasteiger partial charge in [-0.05, 0) is 61.4 Å². The van der Waals surface area contributed by atoms with Gasteiger partial charge in [0.25, 0.3) is 0 Å². The normalized spacial score (nSPS) is 17.9. The first-order chi connectivity index (χ1) is 19.7. The number of nitrogens with one attached hydrogen (secondary N) is 2. The van der Waals surface area contributed by atoms with Crippen molar-refractivity contribution in [2.24, 2.45) is 0 Å². The SMILES string of the molecule is CC(C)(C)OC(=O)N1C[C@@H](NC(=O)OCC2c3ccccc3-c3ccccc32)C[C@H]1C(=O)NCCc1ccccc1. The molecule has 2 N–H and O–H groups in total. The van der Waals surface area contributed by atoms with Crippen LogP contribution in [0.4, 0.5) is 9.59 Å². The summed E-state index contributed by atoms with van der Waals surface area (Å²) in [6, 6.07) is 25.0. The summed E-state index contributed by atoms with van der Waals surface area (Å²) in [5.41, 5.74) is 4.96. The van der Waals surface area contributed by atoms with Crippen LogP contribution < -0.4 is 10.6 Å². The Morgan fingerprint density at radius 3 is 2.12 bits per heavy atom. The van der Waals surface area contributed by atoms with E-state index in [2.05, 4.69) is 34.9 Å². The summed E-state index contributed by atoms with van der Waals surface area (Å²) in [6.07, 6.45) is -0.225. The van der Waals surface area contributed by atoms with Crippen LogP contribution in [0.5, 0.6) is 0 Å². The van der Waals surface area contributed by atoms with Crippen LogP contribution in [0.1, 0.15) is 49.8 Å². The standard InChI is InChI=1S/C33H37N3O5/c1-33(2,3)41-32(39)36-20-23(19-29(36)30(37)34-18-17-22-11-5-4-6-12-22)35-31(38)40-21-28-26-15-9-7-13-24(26)25-14-8-10-16-27(25)28/h4-16,23,28-29H,17-21H2,1-3H3,(H,34,37)(H,35,38)/t23-,29-/m0/s1. The Kier molecular flexibility index (Phi) is 8.28. The third-order valence-corrected chi connectivity index (χ3v) is 7.45. The topological polar surface area (TPSA) is 97.0 Å². The zero-order chi connectivity index (χ0) is 29.0. The van der Waals surface area contributed by atoms with Crippen molar-refractivity contribution in [2.75, 3.05) is 19.7 Å². The summed E-state index contributed by atoms with van der Waals surface area (Å²) in [5.74, 6) is -0.332. The van der Waals surface area contributed by atoms with Gasteiger partial charge >= 0.3 is 12.2 Å². The van der Waals surface area contributed by atoms with Crippen molar-refractivity contribution < 1.29 is 23.9 Å². The lowest BCUT2D eigenvalue weighted by molar-refractivity contribution is -0.125. The maximum Gasteiger partial charge on any atom is 0.411 e. The second kappa shape index (κ2) is 12.0. The van der Waals surface area contributed by atoms with Gasteiger partial charge in [-0.3, -0.25) is 9.69 Å². The Morgan fingerprint density at radius 2 is 1.49 bits per heavy atom. The molecule has 1 aliphatic heterocycles. The molecule has 0 radical (unpaired) electrons. The monoisotopic (exact) mass is 555 g/mol. The average molecular weight is 556 g/mol. The molecule has 2 atom stereocenters. The van der Waals surface area contributed by atoms with Gasteiger partial charge in [-0.1, -0.05) is 78.9 Å². The van der Waals surface area contributed by atoms with Crippen LogP contribution in [0, 0.1) is 0 Å². The highest BCUT2D eigenvalue weighted by Crippen LogP contribution is 2.44. The lowest BCUT2D eigenvalue weighted by Gasteiger charge is -2.28. The van der Waals surface area contributed by atoms with Gasteiger partial charge in [-0.15, -0.1) is 0 Å². The first-order valence-electron chi connectivity index (χ1n) is 14.1. The number of alkyl carbamates (subject to hydrolysis) is 1. The number of benzene rings is 3. The van der Waals surface area contributed by atoms with E-state index in [-0.39, 0.29) is 31.4 Å². The fraction of sp³-hybridized carbons (Fsp3) is 0.364. The fourth-order valence-electron chi connectivity index (χ4n) is 5.61. The lowest BCUT2D eigenvalue weighted by atomic mass is 9.98. The number of ether oxygens (including phenoxy) is 2. The first-order valence-corrected chi connectivity index (χ1v) is 14.1. The lowest BCUT2D eigenvalue weighted by Crippen LogP contribution is -2.48. The van der Waals surface area contributed by atoms with E-state index in [0.29, 0.717) is 13.0 Å². The molecule has 1 aliphatic carbocycles. The minimum atomic E-state index is -0.764. The summed E-state index contributed by atoms with van der Waals surface area (Å²) in [5, 5.41) is 5.82. The van der Waals surface area contributed by atoms with Gasteiger partial charge in [0.15, 0.2) is 0 Å². The zero-order valence-corrected chi connectivity index (χ0v) is 23.8. The molecule has 0 unspecified atom stereocenters. The van der Waals surface area contributed by atoms with Crippen molar-refractivity contribution in [3.05, 3.63) is 95.6 Å². The molecule has 3 aromatic carbocycles. The number of amides is 3. The van der Waals surface area contributed by atoms with Crippen molar-refractivity contribution in [2.45, 2.75) is 57.2 Å². The molecule has 0 aromatic heterocycles. The maximum absolute atomic E-state index is 13.2. The van der Waals surface area contributed by atoms with E-state index in [9.17, 15) is 14.4 Å². The predicted molar refractivity (Wildman–Crippen MR) is 156 cm³/mol. The molecule has 5 rings (SSSR count). The highest BCUT2D eigenvalue weighted by molar-refractivity contribution is 5.87. The molecule has 8 heteroatoms. The van der Waals surface area contributed by atoms with E-state index in [1.807, 2.05) is 54.6 Å². The summed E-state index contributed by atoms with van der Waals surface area (Å²) >= 11 is 0. The van der Waals surface area contributed by atoms with Gasteiger partial charge in [0.1, 0.15) is 18.2 Å². The molecule has 0 saturated carbocycles. The molecule has 0 spiro atoms. The molecule has 8 nitrogen and oxygen atoms in total. The molecule has 2 aliphatic rings. The van der Waals surface area contributed by atoms with Gasteiger partial charge < -0.3 is 20.1 Å². The van der Waals surface area contributed by atoms with Crippen molar-refractivity contribution in [1.82, 2.24) is 15.5 Å². The molecule has 0 bridgehead atoms. The van der Waals surface area contributed by atoms with Crippen LogP contribution in [0.15, 0.2) is 78.9 Å². The molecule has 214 valence electrons. The van der Waals surface area contributed by atoms with E-state index >= 15 is 0 Å². The maximum atomic E-state index is 13.2. The highest BCUT2D eigenvalue weighted by Gasteiger charge is 2.42. The number of nitrogens with zero attached hydrogens (tertiary/aromatic N) is 1. The second-order valence-corrected chi connectivity index (χ2v) is 11.6. The van der Waals surface area contributed by atoms with Gasteiger partial charge in [0.2, 0.25) is 5.91 Å². The molecule has 1 saturated heterocycles. The minimum absolute atomic E-state index is 0.0573. The Balaban J connectivity index is 1.20. The number of carbonyl (C=O) groups excluding carboxylic acids is 3. The van der Waals surface area contributed by atoms with Crippen LogP contribution in [0.25, 0.3) is 11.1 Å². The van der Waals surface area contributed by atoms with Crippen molar-refractivity contribution >= 4 is 18.1 Å². The number of rotatable bonds is 7. The fourth-order valence-corrected chi connectivity index (χ4v) is 5.61. The van der Waals surface area contributed by atoms with E-state index in [1.165, 1.54) is 4.90 Å². The third-order valence-electron chi connectivity index (χ3n) is 7.45. The molecular formula is C33H37N3O5. The molecule has 1 heterocycles. The Morgan fingerprint density at radius 1 is 0.878 bits per heavy atom. The largest absolute Gasteiger partial charge is 0.449 e. The predicted octanol–water partition coefficient (Wildman–Crippen LogP) is 5.26. The third kappa shape index (κ3) is 6.70. The van der Waals surface area contributed by atoms with E-state index in [4.69, 9.17) is 9.47 Å². The molecule has 3 aromatic rings. The van der Waals surface area contributed by atoms with Crippen LogP contribution in [-0.2, 0) is 20.7 Å². The highest BCUT2D eigenvalue weighted by atomic mass is 16.6. The number of fused-ring (bicyclic) bond motifs is 3. The quantitative estimate of drug-likeness (QED) is 0.415. The summed E-state index contributed by atoms with van der Waals surface area (Å²) in [6.45, 7) is 6.11. The average Bonchev–Trinajstić information content (AvgIpc) is 3.51. The number of likely N-dealkylation sites (tertiary alicyclic amines) is 1. The first kappa shape index (κ1) is 28.2. The molecular weight excluding hydrogens is 518 g/mol. The second-order valence-electron chi connectivity index (χ2n) is 11.6. The number of carbonyl (C=O) groups is 3. The number of hydrogen-bond donors (Lipinski definition) is 2. The van der Waals surface area contributed by atoms with Crippen molar-refractivity contribution in [1.29, 1.82) is 0 Å². The van der Waals surface area contributed by atoms with E-state index in [1.54, 1.807) is 20.8 Å². The smallest absolute Gasteiger partial charge is 0.411 e. The molecule has 41 heavy (non-hydrogen) atoms. The zero-order valence-electron chi connectivity index (χ0n) is 23.8. The summed E-state index contributed by atoms with van der Waals surface area (Å²) in [4.78, 5) is 40.5. The van der Waals surface area contributed by atoms with Crippen LogP contribution in [0.3, 0.4) is 0 Å². The van der Waals surface area contributed by atoms with Crippen LogP contribution >= 0.6 is 0 Å². The summed E-state index contributed by atoms with van der Waals surface area (Å²) in [7, 11) is 0. The van der Waals surface area contributed by atoms with Crippen molar-refractivity contribution in [3.63, 3.8) is 0 Å². The van der Waals surface area contributed by atoms with Crippen molar-refractivity contribution in [3.8, 4) is 11.1 Å². The molecule has 1 fully saturated rings.